The van der Waals surface area contributed by atoms with Crippen LogP contribution in [0.2, 0.25) is 0 Å². The highest BCUT2D eigenvalue weighted by Crippen LogP contribution is 2.35. The van der Waals surface area contributed by atoms with E-state index in [1.165, 1.54) is 12.1 Å². The monoisotopic (exact) mass is 386 g/mol. The molecule has 2 aromatic rings. The fourth-order valence-corrected chi connectivity index (χ4v) is 4.08. The Bertz CT molecular complexity index is 949. The van der Waals surface area contributed by atoms with Gasteiger partial charge in [0.25, 0.3) is 5.56 Å². The molecule has 1 aliphatic rings. The van der Waals surface area contributed by atoms with Crippen molar-refractivity contribution in [3.8, 4) is 0 Å². The first-order valence-corrected chi connectivity index (χ1v) is 9.70. The molecule has 1 aliphatic carbocycles. The number of carbonyl (C=O) groups is 2. The van der Waals surface area contributed by atoms with Crippen molar-refractivity contribution in [1.29, 1.82) is 0 Å². The molecule has 150 valence electrons. The molecular weight excluding hydrogens is 360 g/mol. The highest BCUT2D eigenvalue weighted by molar-refractivity contribution is 6.01. The van der Waals surface area contributed by atoms with Crippen LogP contribution in [-0.4, -0.2) is 32.9 Å². The molecule has 0 spiro atoms. The molecule has 7 heteroatoms. The van der Waals surface area contributed by atoms with Gasteiger partial charge in [0.05, 0.1) is 5.39 Å². The van der Waals surface area contributed by atoms with Crippen molar-refractivity contribution in [1.82, 2.24) is 9.78 Å². The fraction of sp³-hybridized carbons (Fsp3) is 0.524. The van der Waals surface area contributed by atoms with Crippen LogP contribution >= 0.6 is 0 Å². The maximum absolute atomic E-state index is 12.7. The molecule has 0 unspecified atom stereocenters. The summed E-state index contributed by atoms with van der Waals surface area (Å²) in [5.74, 6) is -0.653. The summed E-state index contributed by atoms with van der Waals surface area (Å²) in [5.41, 5.74) is -0.760. The lowest BCUT2D eigenvalue weighted by Gasteiger charge is -2.36. The van der Waals surface area contributed by atoms with Crippen LogP contribution in [0.4, 0.5) is 0 Å². The number of hydrogen-bond acceptors (Lipinski definition) is 5. The number of hydrogen-bond donors (Lipinski definition) is 1. The van der Waals surface area contributed by atoms with Crippen LogP contribution in [0.3, 0.4) is 0 Å². The van der Waals surface area contributed by atoms with Gasteiger partial charge in [-0.25, -0.2) is 9.48 Å². The molecule has 0 bridgehead atoms. The first kappa shape index (κ1) is 20.0. The average Bonchev–Trinajstić information content (AvgIpc) is 2.63. The predicted octanol–water partition coefficient (Wildman–Crippen LogP) is 3.10. The first-order valence-electron chi connectivity index (χ1n) is 9.70. The Morgan fingerprint density at radius 3 is 2.57 bits per heavy atom. The molecule has 3 rings (SSSR count). The van der Waals surface area contributed by atoms with E-state index >= 15 is 0 Å². The second kappa shape index (κ2) is 8.12. The highest BCUT2D eigenvalue weighted by Gasteiger charge is 2.33. The summed E-state index contributed by atoms with van der Waals surface area (Å²) in [4.78, 5) is 36.8. The summed E-state index contributed by atoms with van der Waals surface area (Å²) in [6, 6.07) is 6.36. The van der Waals surface area contributed by atoms with Crippen molar-refractivity contribution >= 4 is 22.7 Å². The largest absolute Gasteiger partial charge is 0.476 e. The van der Waals surface area contributed by atoms with E-state index in [0.29, 0.717) is 11.8 Å². The zero-order valence-corrected chi connectivity index (χ0v) is 16.4. The number of carbonyl (C=O) groups excluding carboxylic acids is 1. The van der Waals surface area contributed by atoms with Crippen molar-refractivity contribution in [2.75, 3.05) is 0 Å². The SMILES string of the molecule is CC(C)[C@H]1CC[C@@H](C)C[C@@H]1OC(=O)Cn1nc(C(=O)O)c2ccccc2c1=O. The molecule has 28 heavy (non-hydrogen) atoms. The Morgan fingerprint density at radius 1 is 1.25 bits per heavy atom. The lowest BCUT2D eigenvalue weighted by Crippen LogP contribution is -2.38. The second-order valence-electron chi connectivity index (χ2n) is 8.02. The van der Waals surface area contributed by atoms with E-state index in [1.807, 2.05) is 0 Å². The lowest BCUT2D eigenvalue weighted by atomic mass is 9.75. The standard InChI is InChI=1S/C21H26N2O5/c1-12(2)14-9-8-13(3)10-17(14)28-18(24)11-23-20(25)16-7-5-4-6-15(16)19(22-23)21(26)27/h4-7,12-14,17H,8-11H2,1-3H3,(H,26,27)/t13-,14-,17+/m1/s1. The van der Waals surface area contributed by atoms with Gasteiger partial charge in [-0.3, -0.25) is 9.59 Å². The predicted molar refractivity (Wildman–Crippen MR) is 104 cm³/mol. The molecule has 7 nitrogen and oxygen atoms in total. The number of nitrogens with zero attached hydrogens (tertiary/aromatic N) is 2. The summed E-state index contributed by atoms with van der Waals surface area (Å²) in [6.07, 6.45) is 2.74. The van der Waals surface area contributed by atoms with Crippen LogP contribution in [-0.2, 0) is 16.1 Å². The normalized spacial score (nSPS) is 22.4. The van der Waals surface area contributed by atoms with E-state index in [2.05, 4.69) is 25.9 Å². The number of benzene rings is 1. The summed E-state index contributed by atoms with van der Waals surface area (Å²) >= 11 is 0. The van der Waals surface area contributed by atoms with Crippen LogP contribution in [0.15, 0.2) is 29.1 Å². The maximum atomic E-state index is 12.7. The Labute approximate surface area is 163 Å². The minimum atomic E-state index is -1.25. The molecule has 1 saturated carbocycles. The zero-order chi connectivity index (χ0) is 20.4. The molecule has 1 aromatic heterocycles. The van der Waals surface area contributed by atoms with Crippen LogP contribution < -0.4 is 5.56 Å². The van der Waals surface area contributed by atoms with Gasteiger partial charge in [-0.15, -0.1) is 0 Å². The zero-order valence-electron chi connectivity index (χ0n) is 16.4. The average molecular weight is 386 g/mol. The third-order valence-corrected chi connectivity index (χ3v) is 5.59. The van der Waals surface area contributed by atoms with Crippen LogP contribution in [0.1, 0.15) is 50.5 Å². The molecule has 0 aliphatic heterocycles. The lowest BCUT2D eigenvalue weighted by molar-refractivity contribution is -0.157. The number of esters is 1. The van der Waals surface area contributed by atoms with Gasteiger partial charge in [0.15, 0.2) is 5.69 Å². The van der Waals surface area contributed by atoms with E-state index in [-0.39, 0.29) is 28.5 Å². The smallest absolute Gasteiger partial charge is 0.357 e. The number of carboxylic acid groups (broad SMARTS) is 1. The van der Waals surface area contributed by atoms with Gasteiger partial charge >= 0.3 is 11.9 Å². The van der Waals surface area contributed by atoms with E-state index in [9.17, 15) is 19.5 Å². The molecule has 0 amide bonds. The molecule has 1 N–H and O–H groups in total. The topological polar surface area (TPSA) is 98.5 Å². The van der Waals surface area contributed by atoms with Crippen LogP contribution in [0.25, 0.3) is 10.8 Å². The fourth-order valence-electron chi connectivity index (χ4n) is 4.08. The number of fused-ring (bicyclic) bond motifs is 1. The number of carboxylic acids is 1. The molecule has 1 fully saturated rings. The van der Waals surface area contributed by atoms with Gasteiger partial charge in [-0.2, -0.15) is 5.10 Å². The number of rotatable bonds is 5. The van der Waals surface area contributed by atoms with E-state index in [4.69, 9.17) is 4.74 Å². The summed E-state index contributed by atoms with van der Waals surface area (Å²) in [6.45, 7) is 5.98. The Balaban J connectivity index is 1.86. The van der Waals surface area contributed by atoms with Crippen LogP contribution in [0, 0.1) is 17.8 Å². The van der Waals surface area contributed by atoms with Gasteiger partial charge < -0.3 is 9.84 Å². The first-order chi connectivity index (χ1) is 13.3. The van der Waals surface area contributed by atoms with Gasteiger partial charge in [0.2, 0.25) is 0 Å². The molecule has 1 heterocycles. The van der Waals surface area contributed by atoms with Crippen molar-refractivity contribution in [3.05, 3.63) is 40.3 Å². The van der Waals surface area contributed by atoms with Crippen molar-refractivity contribution in [3.63, 3.8) is 0 Å². The Morgan fingerprint density at radius 2 is 1.93 bits per heavy atom. The highest BCUT2D eigenvalue weighted by atomic mass is 16.5. The molecule has 0 radical (unpaired) electrons. The molecular formula is C21H26N2O5. The summed E-state index contributed by atoms with van der Waals surface area (Å²) in [7, 11) is 0. The Kier molecular flexibility index (Phi) is 5.82. The molecule has 1 aromatic carbocycles. The van der Waals surface area contributed by atoms with Crippen molar-refractivity contribution in [2.45, 2.75) is 52.7 Å². The van der Waals surface area contributed by atoms with Crippen molar-refractivity contribution < 1.29 is 19.4 Å². The third kappa shape index (κ3) is 4.08. The van der Waals surface area contributed by atoms with Gasteiger partial charge in [-0.05, 0) is 36.7 Å². The third-order valence-electron chi connectivity index (χ3n) is 5.59. The number of ether oxygens (including phenoxy) is 1. The molecule has 3 atom stereocenters. The van der Waals surface area contributed by atoms with E-state index in [0.717, 1.165) is 23.9 Å². The van der Waals surface area contributed by atoms with Crippen molar-refractivity contribution in [2.24, 2.45) is 17.8 Å². The number of aromatic nitrogens is 2. The van der Waals surface area contributed by atoms with Gasteiger partial charge in [0, 0.05) is 5.39 Å². The van der Waals surface area contributed by atoms with Gasteiger partial charge in [0.1, 0.15) is 12.6 Å². The number of aromatic carboxylic acids is 1. The second-order valence-corrected chi connectivity index (χ2v) is 8.02. The quantitative estimate of drug-likeness (QED) is 0.793. The summed E-state index contributed by atoms with van der Waals surface area (Å²) < 4.78 is 6.61. The maximum Gasteiger partial charge on any atom is 0.357 e. The van der Waals surface area contributed by atoms with Crippen LogP contribution in [0.5, 0.6) is 0 Å². The van der Waals surface area contributed by atoms with E-state index in [1.54, 1.807) is 12.1 Å². The van der Waals surface area contributed by atoms with Gasteiger partial charge in [-0.1, -0.05) is 45.4 Å². The van der Waals surface area contributed by atoms with E-state index < -0.39 is 24.0 Å². The molecule has 0 saturated heterocycles. The minimum Gasteiger partial charge on any atom is -0.476 e. The minimum absolute atomic E-state index is 0.189. The summed E-state index contributed by atoms with van der Waals surface area (Å²) in [5, 5.41) is 13.8. The Hall–Kier alpha value is -2.70.